The van der Waals surface area contributed by atoms with Crippen molar-refractivity contribution >= 4 is 5.78 Å². The van der Waals surface area contributed by atoms with Gasteiger partial charge in [-0.2, -0.15) is 0 Å². The average Bonchev–Trinajstić information content (AvgIpc) is 2.12. The highest BCUT2D eigenvalue weighted by molar-refractivity contribution is 5.89. The van der Waals surface area contributed by atoms with E-state index in [2.05, 4.69) is 0 Å². The molecule has 0 saturated carbocycles. The van der Waals surface area contributed by atoms with Crippen molar-refractivity contribution in [2.45, 2.75) is 33.6 Å². The van der Waals surface area contributed by atoms with E-state index in [4.69, 9.17) is 4.74 Å². The van der Waals surface area contributed by atoms with Gasteiger partial charge in [-0.1, -0.05) is 19.9 Å². The summed E-state index contributed by atoms with van der Waals surface area (Å²) in [5, 5.41) is 0. The molecule has 0 radical (unpaired) electrons. The Bertz CT molecular complexity index is 161. The van der Waals surface area contributed by atoms with E-state index >= 15 is 0 Å². The van der Waals surface area contributed by atoms with Crippen molar-refractivity contribution in [3.63, 3.8) is 0 Å². The second kappa shape index (κ2) is 7.99. The zero-order valence-electron chi connectivity index (χ0n) is 8.88. The van der Waals surface area contributed by atoms with E-state index in [0.717, 1.165) is 13.0 Å². The molecule has 76 valence electrons. The molecule has 1 unspecified atom stereocenters. The third kappa shape index (κ3) is 7.72. The first-order valence-corrected chi connectivity index (χ1v) is 4.99. The standard InChI is InChI=1S/C11H20O2/c1-4-6-11(12)8-7-10(3)9-13-5-2/h7-8,10H,4-6,9H2,1-3H3/b8-7-. The third-order valence-corrected chi connectivity index (χ3v) is 1.69. The number of allylic oxidation sites excluding steroid dienone is 1. The van der Waals surface area contributed by atoms with Crippen molar-refractivity contribution in [1.29, 1.82) is 0 Å². The Morgan fingerprint density at radius 3 is 2.69 bits per heavy atom. The molecule has 0 saturated heterocycles. The number of carbonyl (C=O) groups excluding carboxylic acids is 1. The van der Waals surface area contributed by atoms with Crippen molar-refractivity contribution in [2.24, 2.45) is 5.92 Å². The molecule has 2 nitrogen and oxygen atoms in total. The Kier molecular flexibility index (Phi) is 7.60. The topological polar surface area (TPSA) is 26.3 Å². The lowest BCUT2D eigenvalue weighted by Crippen LogP contribution is -2.03. The smallest absolute Gasteiger partial charge is 0.155 e. The van der Waals surface area contributed by atoms with Crippen LogP contribution in [0.15, 0.2) is 12.2 Å². The maximum atomic E-state index is 11.1. The fourth-order valence-corrected chi connectivity index (χ4v) is 0.961. The Morgan fingerprint density at radius 1 is 1.46 bits per heavy atom. The van der Waals surface area contributed by atoms with Gasteiger partial charge in [0.2, 0.25) is 0 Å². The molecule has 0 aromatic heterocycles. The first kappa shape index (κ1) is 12.4. The summed E-state index contributed by atoms with van der Waals surface area (Å²) in [5.41, 5.74) is 0. The lowest BCUT2D eigenvalue weighted by atomic mass is 10.1. The van der Waals surface area contributed by atoms with Crippen LogP contribution in [0.4, 0.5) is 0 Å². The highest BCUT2D eigenvalue weighted by Crippen LogP contribution is 1.99. The van der Waals surface area contributed by atoms with Crippen molar-refractivity contribution in [2.75, 3.05) is 13.2 Å². The minimum absolute atomic E-state index is 0.214. The number of rotatable bonds is 7. The van der Waals surface area contributed by atoms with Gasteiger partial charge in [-0.05, 0) is 25.3 Å². The molecule has 0 N–H and O–H groups in total. The Morgan fingerprint density at radius 2 is 2.15 bits per heavy atom. The van der Waals surface area contributed by atoms with E-state index in [1.165, 1.54) is 0 Å². The van der Waals surface area contributed by atoms with Crippen LogP contribution >= 0.6 is 0 Å². The Labute approximate surface area is 81.0 Å². The van der Waals surface area contributed by atoms with Gasteiger partial charge in [0.1, 0.15) is 0 Å². The first-order valence-electron chi connectivity index (χ1n) is 4.99. The predicted molar refractivity (Wildman–Crippen MR) is 54.7 cm³/mol. The van der Waals surface area contributed by atoms with Crippen LogP contribution in [0.3, 0.4) is 0 Å². The van der Waals surface area contributed by atoms with E-state index in [1.54, 1.807) is 6.08 Å². The molecule has 0 aliphatic rings. The summed E-state index contributed by atoms with van der Waals surface area (Å²) < 4.78 is 5.22. The van der Waals surface area contributed by atoms with Crippen LogP contribution in [-0.2, 0) is 9.53 Å². The molecule has 0 spiro atoms. The quantitative estimate of drug-likeness (QED) is 0.568. The molecule has 0 aromatic carbocycles. The maximum Gasteiger partial charge on any atom is 0.155 e. The van der Waals surface area contributed by atoms with Crippen LogP contribution in [0.25, 0.3) is 0 Å². The van der Waals surface area contributed by atoms with Crippen LogP contribution in [0.2, 0.25) is 0 Å². The highest BCUT2D eigenvalue weighted by Gasteiger charge is 1.98. The molecule has 0 aliphatic heterocycles. The molecule has 0 rings (SSSR count). The number of hydrogen-bond acceptors (Lipinski definition) is 2. The minimum atomic E-state index is 0.214. The van der Waals surface area contributed by atoms with Gasteiger partial charge in [0.15, 0.2) is 5.78 Å². The molecule has 0 aromatic rings. The van der Waals surface area contributed by atoms with Crippen LogP contribution in [0.5, 0.6) is 0 Å². The van der Waals surface area contributed by atoms with E-state index in [-0.39, 0.29) is 5.78 Å². The molecular formula is C11H20O2. The molecule has 0 fully saturated rings. The number of ether oxygens (including phenoxy) is 1. The molecule has 0 aliphatic carbocycles. The second-order valence-corrected chi connectivity index (χ2v) is 3.21. The number of carbonyl (C=O) groups is 1. The fourth-order valence-electron chi connectivity index (χ4n) is 0.961. The highest BCUT2D eigenvalue weighted by atomic mass is 16.5. The third-order valence-electron chi connectivity index (χ3n) is 1.69. The van der Waals surface area contributed by atoms with Gasteiger partial charge in [-0.15, -0.1) is 0 Å². The summed E-state index contributed by atoms with van der Waals surface area (Å²) in [5.74, 6) is 0.548. The molecule has 0 bridgehead atoms. The normalized spacial score (nSPS) is 13.5. The van der Waals surface area contributed by atoms with Crippen molar-refractivity contribution in [3.8, 4) is 0 Å². The van der Waals surface area contributed by atoms with Gasteiger partial charge in [-0.25, -0.2) is 0 Å². The molecule has 0 heterocycles. The molecule has 1 atom stereocenters. The molecule has 13 heavy (non-hydrogen) atoms. The Hall–Kier alpha value is -0.630. The van der Waals surface area contributed by atoms with Crippen LogP contribution in [-0.4, -0.2) is 19.0 Å². The largest absolute Gasteiger partial charge is 0.381 e. The number of hydrogen-bond donors (Lipinski definition) is 0. The lowest BCUT2D eigenvalue weighted by molar-refractivity contribution is -0.114. The molecular weight excluding hydrogens is 164 g/mol. The van der Waals surface area contributed by atoms with Gasteiger partial charge in [0, 0.05) is 13.0 Å². The summed E-state index contributed by atoms with van der Waals surface area (Å²) in [4.78, 5) is 11.1. The summed E-state index contributed by atoms with van der Waals surface area (Å²) >= 11 is 0. The number of ketones is 1. The van der Waals surface area contributed by atoms with E-state index in [0.29, 0.717) is 18.9 Å². The van der Waals surface area contributed by atoms with Gasteiger partial charge in [-0.3, -0.25) is 4.79 Å². The van der Waals surface area contributed by atoms with E-state index in [1.807, 2.05) is 26.8 Å². The van der Waals surface area contributed by atoms with Crippen molar-refractivity contribution in [1.82, 2.24) is 0 Å². The van der Waals surface area contributed by atoms with Gasteiger partial charge >= 0.3 is 0 Å². The summed E-state index contributed by atoms with van der Waals surface area (Å²) in [7, 11) is 0. The fraction of sp³-hybridized carbons (Fsp3) is 0.727. The second-order valence-electron chi connectivity index (χ2n) is 3.21. The molecule has 2 heteroatoms. The van der Waals surface area contributed by atoms with Gasteiger partial charge in [0.25, 0.3) is 0 Å². The van der Waals surface area contributed by atoms with Crippen LogP contribution in [0.1, 0.15) is 33.6 Å². The SMILES string of the molecule is CCCC(=O)/C=C\C(C)COCC. The lowest BCUT2D eigenvalue weighted by Gasteiger charge is -2.04. The predicted octanol–water partition coefficient (Wildman–Crippen LogP) is 2.58. The molecule has 0 amide bonds. The summed E-state index contributed by atoms with van der Waals surface area (Å²) in [6, 6.07) is 0. The van der Waals surface area contributed by atoms with Crippen LogP contribution in [0, 0.1) is 5.92 Å². The van der Waals surface area contributed by atoms with Gasteiger partial charge < -0.3 is 4.74 Å². The summed E-state index contributed by atoms with van der Waals surface area (Å²) in [6.45, 7) is 7.47. The summed E-state index contributed by atoms with van der Waals surface area (Å²) in [6.07, 6.45) is 5.17. The maximum absolute atomic E-state index is 11.1. The van der Waals surface area contributed by atoms with Crippen molar-refractivity contribution < 1.29 is 9.53 Å². The zero-order chi connectivity index (χ0) is 10.1. The zero-order valence-corrected chi connectivity index (χ0v) is 8.88. The average molecular weight is 184 g/mol. The van der Waals surface area contributed by atoms with Gasteiger partial charge in [0.05, 0.1) is 6.61 Å². The first-order chi connectivity index (χ1) is 6.20. The minimum Gasteiger partial charge on any atom is -0.381 e. The van der Waals surface area contributed by atoms with E-state index < -0.39 is 0 Å². The monoisotopic (exact) mass is 184 g/mol. The van der Waals surface area contributed by atoms with Crippen molar-refractivity contribution in [3.05, 3.63) is 12.2 Å². The Balaban J connectivity index is 3.62. The van der Waals surface area contributed by atoms with Crippen LogP contribution < -0.4 is 0 Å². The van der Waals surface area contributed by atoms with E-state index in [9.17, 15) is 4.79 Å².